The van der Waals surface area contributed by atoms with Crippen molar-refractivity contribution >= 4 is 17.4 Å². The summed E-state index contributed by atoms with van der Waals surface area (Å²) in [5.74, 6) is 0. The minimum absolute atomic E-state index is 0.205. The van der Waals surface area contributed by atoms with Crippen LogP contribution in [0.1, 0.15) is 23.4 Å². The molecule has 3 N–H and O–H groups in total. The molecule has 2 heterocycles. The fourth-order valence-corrected chi connectivity index (χ4v) is 2.36. The van der Waals surface area contributed by atoms with E-state index < -0.39 is 0 Å². The van der Waals surface area contributed by atoms with Gasteiger partial charge in [0.1, 0.15) is 0 Å². The van der Waals surface area contributed by atoms with Crippen molar-refractivity contribution in [3.63, 3.8) is 0 Å². The minimum atomic E-state index is -0.205. The predicted octanol–water partition coefficient (Wildman–Crippen LogP) is 3.03. The number of nitrogens with zero attached hydrogens (tertiary/aromatic N) is 2. The van der Waals surface area contributed by atoms with Crippen molar-refractivity contribution < 1.29 is 4.79 Å². The Bertz CT molecular complexity index is 634. The molecule has 0 bridgehead atoms. The molecule has 2 aromatic heterocycles. The first-order valence-electron chi connectivity index (χ1n) is 7.70. The molecular weight excluding hydrogens is 290 g/mol. The second-order valence-electron chi connectivity index (χ2n) is 5.44. The van der Waals surface area contributed by atoms with Crippen LogP contribution in [0.2, 0.25) is 0 Å². The van der Waals surface area contributed by atoms with Crippen LogP contribution in [0, 0.1) is 20.8 Å². The molecule has 0 aliphatic rings. The standard InChI is InChI=1S/C17H23N5O/c1-12-10-13(2)21-14(3)16(12)22-17(23)20-9-5-8-19-15-6-4-7-18-11-15/h4,6-7,10-11,19H,5,8-9H2,1-3H3,(H2,20,22,23). The highest BCUT2D eigenvalue weighted by Gasteiger charge is 2.08. The third-order valence-electron chi connectivity index (χ3n) is 3.39. The van der Waals surface area contributed by atoms with Crippen LogP contribution in [0.3, 0.4) is 0 Å². The second kappa shape index (κ2) is 8.12. The molecule has 0 aromatic carbocycles. The largest absolute Gasteiger partial charge is 0.384 e. The van der Waals surface area contributed by atoms with Gasteiger partial charge in [-0.25, -0.2) is 4.79 Å². The number of anilines is 2. The zero-order chi connectivity index (χ0) is 16.7. The van der Waals surface area contributed by atoms with E-state index in [-0.39, 0.29) is 6.03 Å². The minimum Gasteiger partial charge on any atom is -0.384 e. The van der Waals surface area contributed by atoms with Crippen LogP contribution < -0.4 is 16.0 Å². The molecule has 2 aromatic rings. The van der Waals surface area contributed by atoms with Crippen LogP contribution in [0.4, 0.5) is 16.2 Å². The number of rotatable bonds is 6. The van der Waals surface area contributed by atoms with Gasteiger partial charge in [0.2, 0.25) is 0 Å². The van der Waals surface area contributed by atoms with Gasteiger partial charge in [0, 0.05) is 31.2 Å². The van der Waals surface area contributed by atoms with Crippen LogP contribution in [-0.4, -0.2) is 29.1 Å². The van der Waals surface area contributed by atoms with Gasteiger partial charge < -0.3 is 16.0 Å². The molecular formula is C17H23N5O. The van der Waals surface area contributed by atoms with Gasteiger partial charge in [-0.2, -0.15) is 0 Å². The van der Waals surface area contributed by atoms with Crippen molar-refractivity contribution in [2.45, 2.75) is 27.2 Å². The highest BCUT2D eigenvalue weighted by Crippen LogP contribution is 2.18. The number of aromatic nitrogens is 2. The summed E-state index contributed by atoms with van der Waals surface area (Å²) in [6.45, 7) is 7.17. The molecule has 23 heavy (non-hydrogen) atoms. The van der Waals surface area contributed by atoms with Gasteiger partial charge in [0.25, 0.3) is 0 Å². The Balaban J connectivity index is 1.71. The number of carbonyl (C=O) groups excluding carboxylic acids is 1. The molecule has 0 atom stereocenters. The van der Waals surface area contributed by atoms with Crippen LogP contribution in [-0.2, 0) is 0 Å². The summed E-state index contributed by atoms with van der Waals surface area (Å²) in [6.07, 6.45) is 4.34. The maximum absolute atomic E-state index is 12.0. The van der Waals surface area contributed by atoms with Crippen molar-refractivity contribution in [2.24, 2.45) is 0 Å². The van der Waals surface area contributed by atoms with Gasteiger partial charge in [0.05, 0.1) is 17.1 Å². The first-order valence-corrected chi connectivity index (χ1v) is 7.70. The monoisotopic (exact) mass is 313 g/mol. The molecule has 0 spiro atoms. The number of urea groups is 1. The first-order chi connectivity index (χ1) is 11.1. The lowest BCUT2D eigenvalue weighted by atomic mass is 10.1. The molecule has 0 aliphatic carbocycles. The molecule has 0 radical (unpaired) electrons. The lowest BCUT2D eigenvalue weighted by Gasteiger charge is -2.13. The van der Waals surface area contributed by atoms with E-state index in [1.165, 1.54) is 0 Å². The number of carbonyl (C=O) groups is 1. The van der Waals surface area contributed by atoms with Crippen LogP contribution in [0.25, 0.3) is 0 Å². The quantitative estimate of drug-likeness (QED) is 0.716. The smallest absolute Gasteiger partial charge is 0.319 e. The summed E-state index contributed by atoms with van der Waals surface area (Å²) in [5.41, 5.74) is 4.56. The second-order valence-corrected chi connectivity index (χ2v) is 5.44. The van der Waals surface area contributed by atoms with E-state index in [0.717, 1.165) is 41.3 Å². The van der Waals surface area contributed by atoms with E-state index >= 15 is 0 Å². The number of hydrogen-bond acceptors (Lipinski definition) is 4. The molecule has 2 rings (SSSR count). The van der Waals surface area contributed by atoms with Gasteiger partial charge in [-0.1, -0.05) is 0 Å². The molecule has 0 fully saturated rings. The lowest BCUT2D eigenvalue weighted by Crippen LogP contribution is -2.31. The molecule has 0 aliphatic heterocycles. The topological polar surface area (TPSA) is 78.9 Å². The Kier molecular flexibility index (Phi) is 5.91. The average molecular weight is 313 g/mol. The summed E-state index contributed by atoms with van der Waals surface area (Å²) < 4.78 is 0. The maximum Gasteiger partial charge on any atom is 0.319 e. The maximum atomic E-state index is 12.0. The van der Waals surface area contributed by atoms with Crippen molar-refractivity contribution in [3.8, 4) is 0 Å². The van der Waals surface area contributed by atoms with Crippen LogP contribution in [0.15, 0.2) is 30.6 Å². The molecule has 6 nitrogen and oxygen atoms in total. The molecule has 0 saturated carbocycles. The van der Waals surface area contributed by atoms with Gasteiger partial charge in [-0.3, -0.25) is 9.97 Å². The predicted molar refractivity (Wildman–Crippen MR) is 92.8 cm³/mol. The summed E-state index contributed by atoms with van der Waals surface area (Å²) in [5, 5.41) is 8.97. The average Bonchev–Trinajstić information content (AvgIpc) is 2.51. The number of nitrogens with one attached hydrogen (secondary N) is 3. The fraction of sp³-hybridized carbons (Fsp3) is 0.353. The SMILES string of the molecule is Cc1cc(C)c(NC(=O)NCCCNc2cccnc2)c(C)n1. The van der Waals surface area contributed by atoms with E-state index in [4.69, 9.17) is 0 Å². The third kappa shape index (κ3) is 5.25. The van der Waals surface area contributed by atoms with Gasteiger partial charge in [-0.05, 0) is 51.0 Å². The number of amides is 2. The summed E-state index contributed by atoms with van der Waals surface area (Å²) >= 11 is 0. The normalized spacial score (nSPS) is 10.2. The van der Waals surface area contributed by atoms with Crippen molar-refractivity contribution in [1.82, 2.24) is 15.3 Å². The molecule has 2 amide bonds. The van der Waals surface area contributed by atoms with Gasteiger partial charge in [0.15, 0.2) is 0 Å². The van der Waals surface area contributed by atoms with Gasteiger partial charge in [-0.15, -0.1) is 0 Å². The zero-order valence-corrected chi connectivity index (χ0v) is 13.8. The summed E-state index contributed by atoms with van der Waals surface area (Å²) in [4.78, 5) is 20.4. The van der Waals surface area contributed by atoms with Crippen LogP contribution >= 0.6 is 0 Å². The third-order valence-corrected chi connectivity index (χ3v) is 3.39. The lowest BCUT2D eigenvalue weighted by molar-refractivity contribution is 0.252. The van der Waals surface area contributed by atoms with Gasteiger partial charge >= 0.3 is 6.03 Å². The first kappa shape index (κ1) is 16.7. The van der Waals surface area contributed by atoms with E-state index in [2.05, 4.69) is 25.9 Å². The van der Waals surface area contributed by atoms with E-state index in [0.29, 0.717) is 6.54 Å². The number of aryl methyl sites for hydroxylation is 3. The van der Waals surface area contributed by atoms with Crippen molar-refractivity contribution in [1.29, 1.82) is 0 Å². The highest BCUT2D eigenvalue weighted by atomic mass is 16.2. The number of hydrogen-bond donors (Lipinski definition) is 3. The Hall–Kier alpha value is -2.63. The highest BCUT2D eigenvalue weighted by molar-refractivity contribution is 5.90. The van der Waals surface area contributed by atoms with E-state index in [9.17, 15) is 4.79 Å². The molecule has 122 valence electrons. The summed E-state index contributed by atoms with van der Waals surface area (Å²) in [7, 11) is 0. The van der Waals surface area contributed by atoms with Crippen molar-refractivity contribution in [3.05, 3.63) is 47.5 Å². The Morgan fingerprint density at radius 3 is 2.74 bits per heavy atom. The zero-order valence-electron chi connectivity index (χ0n) is 13.8. The van der Waals surface area contributed by atoms with E-state index in [1.54, 1.807) is 12.4 Å². The molecule has 0 saturated heterocycles. The van der Waals surface area contributed by atoms with E-state index in [1.807, 2.05) is 39.0 Å². The fourth-order valence-electron chi connectivity index (χ4n) is 2.36. The Morgan fingerprint density at radius 2 is 2.04 bits per heavy atom. The van der Waals surface area contributed by atoms with Crippen molar-refractivity contribution in [2.75, 3.05) is 23.7 Å². The molecule has 6 heteroatoms. The summed E-state index contributed by atoms with van der Waals surface area (Å²) in [6, 6.07) is 5.60. The Labute approximate surface area is 136 Å². The molecule has 0 unspecified atom stereocenters. The Morgan fingerprint density at radius 1 is 1.22 bits per heavy atom. The number of pyridine rings is 2. The van der Waals surface area contributed by atoms with Crippen LogP contribution in [0.5, 0.6) is 0 Å².